The second-order valence-corrected chi connectivity index (χ2v) is 7.45. The number of carbonyl (C=O) groups is 1. The highest BCUT2D eigenvalue weighted by atomic mass is 32.1. The highest BCUT2D eigenvalue weighted by Gasteiger charge is 2.31. The molecule has 2 unspecified atom stereocenters. The number of likely N-dealkylation sites (tertiary alicyclic amines) is 1. The molecule has 4 N–H and O–H groups in total. The van der Waals surface area contributed by atoms with Gasteiger partial charge in [-0.2, -0.15) is 0 Å². The van der Waals surface area contributed by atoms with E-state index in [4.69, 9.17) is 29.6 Å². The monoisotopic (exact) mass is 427 g/mol. The number of ether oxygens (including phenoxy) is 2. The van der Waals surface area contributed by atoms with Crippen LogP contribution >= 0.6 is 11.3 Å². The number of rotatable bonds is 7. The maximum Gasteiger partial charge on any atom is 0.336 e. The van der Waals surface area contributed by atoms with E-state index < -0.39 is 12.3 Å². The van der Waals surface area contributed by atoms with Crippen LogP contribution in [0.5, 0.6) is 11.8 Å². The number of methoxy groups -OCH3 is 1. The van der Waals surface area contributed by atoms with E-state index in [2.05, 4.69) is 32.1 Å². The Bertz CT molecular complexity index is 784. The first kappa shape index (κ1) is 22.9. The van der Waals surface area contributed by atoms with Gasteiger partial charge in [-0.3, -0.25) is 9.69 Å². The van der Waals surface area contributed by atoms with Gasteiger partial charge in [-0.25, -0.2) is 15.0 Å². The van der Waals surface area contributed by atoms with Crippen molar-refractivity contribution in [2.75, 3.05) is 26.0 Å². The molecule has 1 aliphatic heterocycles. The van der Waals surface area contributed by atoms with Gasteiger partial charge in [0.25, 0.3) is 0 Å². The molecule has 2 atom stereocenters. The molecule has 11 nitrogen and oxygen atoms in total. The number of nitrogens with zero attached hydrogens (tertiary/aromatic N) is 4. The zero-order valence-corrected chi connectivity index (χ0v) is 17.2. The van der Waals surface area contributed by atoms with Crippen LogP contribution in [0.2, 0.25) is 0 Å². The third-order valence-corrected chi connectivity index (χ3v) is 5.06. The molecule has 0 aromatic carbocycles. The highest BCUT2D eigenvalue weighted by Crippen LogP contribution is 2.26. The highest BCUT2D eigenvalue weighted by molar-refractivity contribution is 7.15. The van der Waals surface area contributed by atoms with Gasteiger partial charge in [-0.1, -0.05) is 0 Å². The molecule has 0 aliphatic carbocycles. The van der Waals surface area contributed by atoms with Crippen molar-refractivity contribution in [1.82, 2.24) is 19.9 Å². The van der Waals surface area contributed by atoms with E-state index >= 15 is 0 Å². The summed E-state index contributed by atoms with van der Waals surface area (Å²) in [6.07, 6.45) is 4.10. The molecule has 0 spiro atoms. The van der Waals surface area contributed by atoms with Crippen molar-refractivity contribution in [2.24, 2.45) is 0 Å². The third-order valence-electron chi connectivity index (χ3n) is 4.06. The van der Waals surface area contributed by atoms with Crippen molar-refractivity contribution in [3.05, 3.63) is 23.5 Å². The van der Waals surface area contributed by atoms with Crippen LogP contribution in [-0.4, -0.2) is 80.3 Å². The van der Waals surface area contributed by atoms with E-state index in [9.17, 15) is 0 Å². The van der Waals surface area contributed by atoms with E-state index in [0.717, 1.165) is 24.6 Å². The lowest BCUT2D eigenvalue weighted by molar-refractivity contribution is -0.277. The van der Waals surface area contributed by atoms with Gasteiger partial charge in [0.15, 0.2) is 5.13 Å². The van der Waals surface area contributed by atoms with Crippen LogP contribution in [0.4, 0.5) is 5.13 Å². The van der Waals surface area contributed by atoms with Gasteiger partial charge in [0.2, 0.25) is 18.0 Å². The lowest BCUT2D eigenvalue weighted by atomic mass is 10.2. The number of aldehydes is 1. The van der Waals surface area contributed by atoms with Crippen LogP contribution in [0, 0.1) is 0 Å². The van der Waals surface area contributed by atoms with E-state index in [-0.39, 0.29) is 6.10 Å². The zero-order valence-electron chi connectivity index (χ0n) is 16.3. The van der Waals surface area contributed by atoms with Crippen LogP contribution in [0.15, 0.2) is 18.6 Å². The minimum absolute atomic E-state index is 0.126. The number of thiazole rings is 1. The zero-order chi connectivity index (χ0) is 21.4. The Kier molecular flexibility index (Phi) is 8.22. The Labute approximate surface area is 172 Å². The molecule has 2 aromatic rings. The molecule has 0 bridgehead atoms. The van der Waals surface area contributed by atoms with Crippen molar-refractivity contribution in [1.29, 1.82) is 0 Å². The largest absolute Gasteiger partial charge is 0.481 e. The van der Waals surface area contributed by atoms with Crippen molar-refractivity contribution in [3.63, 3.8) is 0 Å². The Morgan fingerprint density at radius 1 is 1.34 bits per heavy atom. The predicted molar refractivity (Wildman–Crippen MR) is 105 cm³/mol. The Morgan fingerprint density at radius 2 is 2.03 bits per heavy atom. The van der Waals surface area contributed by atoms with E-state index in [1.165, 1.54) is 11.2 Å². The minimum atomic E-state index is -3.14. The number of anilines is 1. The molecule has 12 heteroatoms. The number of aliphatic hydroxyl groups is 3. The van der Waals surface area contributed by atoms with Crippen LogP contribution in [0.25, 0.3) is 0 Å². The average Bonchev–Trinajstić information content (AvgIpc) is 3.28. The Morgan fingerprint density at radius 3 is 2.62 bits per heavy atom. The van der Waals surface area contributed by atoms with Crippen molar-refractivity contribution >= 4 is 22.8 Å². The third kappa shape index (κ3) is 7.51. The van der Waals surface area contributed by atoms with Gasteiger partial charge in [0.05, 0.1) is 13.2 Å². The maximum atomic E-state index is 9.08. The number of hydrogen-bond donors (Lipinski definition) is 4. The summed E-state index contributed by atoms with van der Waals surface area (Å²) in [7, 11) is 3.47. The molecule has 0 radical (unpaired) electrons. The first-order valence-electron chi connectivity index (χ1n) is 8.76. The fourth-order valence-electron chi connectivity index (χ4n) is 2.72. The number of hydrogen-bond acceptors (Lipinski definition) is 12. The summed E-state index contributed by atoms with van der Waals surface area (Å²) in [4.78, 5) is 25.2. The second-order valence-electron chi connectivity index (χ2n) is 6.34. The van der Waals surface area contributed by atoms with Gasteiger partial charge in [0.1, 0.15) is 12.4 Å². The summed E-state index contributed by atoms with van der Waals surface area (Å²) < 4.78 is 11.1. The first-order chi connectivity index (χ1) is 13.7. The molecule has 160 valence electrons. The van der Waals surface area contributed by atoms with E-state index in [1.54, 1.807) is 24.5 Å². The molecule has 0 amide bonds. The summed E-state index contributed by atoms with van der Waals surface area (Å²) in [6, 6.07) is 2.18. The molecule has 1 saturated heterocycles. The van der Waals surface area contributed by atoms with Gasteiger partial charge < -0.3 is 30.1 Å². The standard InChI is InChI=1S/C15H21N5O2S.C2H4O4/c1-10-4-11(22-14-5-13(21-3)18-9-19-14)7-20(10)8-12-6-17-15(16-2)23-12;3-1-2(4,5)6/h5-6,9-11H,4,7-8H2,1-3H3,(H,16,17);1,4-6H. The summed E-state index contributed by atoms with van der Waals surface area (Å²) in [5, 5.41) is 26.7. The van der Waals surface area contributed by atoms with Crippen molar-refractivity contribution in [2.45, 2.75) is 38.0 Å². The van der Waals surface area contributed by atoms with E-state index in [0.29, 0.717) is 17.8 Å². The smallest absolute Gasteiger partial charge is 0.336 e. The molecule has 1 aliphatic rings. The Balaban J connectivity index is 0.000000438. The quantitative estimate of drug-likeness (QED) is 0.345. The van der Waals surface area contributed by atoms with Crippen molar-refractivity contribution < 1.29 is 29.6 Å². The van der Waals surface area contributed by atoms with Gasteiger partial charge in [-0.05, 0) is 6.92 Å². The topological polar surface area (TPSA) is 150 Å². The average molecular weight is 427 g/mol. The predicted octanol–water partition coefficient (Wildman–Crippen LogP) is -0.159. The normalized spacial score (nSPS) is 19.2. The summed E-state index contributed by atoms with van der Waals surface area (Å²) >= 11 is 1.69. The fraction of sp³-hybridized carbons (Fsp3) is 0.529. The summed E-state index contributed by atoms with van der Waals surface area (Å²) in [5.74, 6) is -2.06. The lowest BCUT2D eigenvalue weighted by Gasteiger charge is -2.19. The molecule has 1 fully saturated rings. The number of nitrogens with one attached hydrogen (secondary N) is 1. The summed E-state index contributed by atoms with van der Waals surface area (Å²) in [5.41, 5.74) is 0. The van der Waals surface area contributed by atoms with Gasteiger partial charge >= 0.3 is 5.97 Å². The lowest BCUT2D eigenvalue weighted by Crippen LogP contribution is -2.28. The molecule has 0 saturated carbocycles. The van der Waals surface area contributed by atoms with Gasteiger partial charge in [0, 0.05) is 43.7 Å². The SMILES string of the molecule is CNc1ncc(CN2CC(Oc3cc(OC)ncn3)CC2C)s1.O=CC(O)(O)O. The fourth-order valence-corrected chi connectivity index (χ4v) is 3.51. The maximum absolute atomic E-state index is 9.08. The molecule has 3 heterocycles. The van der Waals surface area contributed by atoms with Crippen molar-refractivity contribution in [3.8, 4) is 11.8 Å². The Hall–Kier alpha value is -2.38. The van der Waals surface area contributed by atoms with Gasteiger partial charge in [-0.15, -0.1) is 11.3 Å². The number of aromatic nitrogens is 3. The second kappa shape index (κ2) is 10.4. The molecular formula is C17H25N5O6S. The first-order valence-corrected chi connectivity index (χ1v) is 9.58. The molecule has 2 aromatic heterocycles. The number of carbonyl (C=O) groups excluding carboxylic acids is 1. The molecular weight excluding hydrogens is 402 g/mol. The molecule has 3 rings (SSSR count). The summed E-state index contributed by atoms with van der Waals surface area (Å²) in [6.45, 7) is 4.00. The van der Waals surface area contributed by atoms with Crippen LogP contribution < -0.4 is 14.8 Å². The van der Waals surface area contributed by atoms with Crippen LogP contribution in [0.1, 0.15) is 18.2 Å². The van der Waals surface area contributed by atoms with Crippen LogP contribution in [0.3, 0.4) is 0 Å². The minimum Gasteiger partial charge on any atom is -0.481 e. The van der Waals surface area contributed by atoms with E-state index in [1.807, 2.05) is 13.2 Å². The molecule has 29 heavy (non-hydrogen) atoms. The van der Waals surface area contributed by atoms with Crippen LogP contribution in [-0.2, 0) is 11.3 Å².